The van der Waals surface area contributed by atoms with Gasteiger partial charge in [-0.05, 0) is 25.5 Å². The molecule has 1 aromatic rings. The van der Waals surface area contributed by atoms with Crippen molar-refractivity contribution >= 4 is 11.6 Å². The van der Waals surface area contributed by atoms with Crippen LogP contribution in [0.15, 0.2) is 0 Å². The van der Waals surface area contributed by atoms with Gasteiger partial charge in [-0.1, -0.05) is 19.8 Å². The third kappa shape index (κ3) is 4.34. The van der Waals surface area contributed by atoms with Gasteiger partial charge in [0.1, 0.15) is 17.7 Å². The van der Waals surface area contributed by atoms with Gasteiger partial charge in [0.05, 0.1) is 5.56 Å². The summed E-state index contributed by atoms with van der Waals surface area (Å²) in [5.41, 5.74) is 8.57. The monoisotopic (exact) mass is 316 g/mol. The molecule has 2 heterocycles. The quantitative estimate of drug-likeness (QED) is 0.635. The van der Waals surface area contributed by atoms with E-state index in [2.05, 4.69) is 35.6 Å². The van der Waals surface area contributed by atoms with Gasteiger partial charge in [-0.3, -0.25) is 0 Å². The minimum Gasteiger partial charge on any atom is -0.370 e. The van der Waals surface area contributed by atoms with E-state index in [-0.39, 0.29) is 0 Å². The fourth-order valence-corrected chi connectivity index (χ4v) is 2.94. The van der Waals surface area contributed by atoms with Crippen LogP contribution in [0.2, 0.25) is 0 Å². The van der Waals surface area contributed by atoms with Crippen molar-refractivity contribution in [3.63, 3.8) is 0 Å². The van der Waals surface area contributed by atoms with Crippen LogP contribution in [-0.2, 0) is 13.0 Å². The van der Waals surface area contributed by atoms with Crippen LogP contribution in [0.4, 0.5) is 11.6 Å². The zero-order valence-corrected chi connectivity index (χ0v) is 14.3. The summed E-state index contributed by atoms with van der Waals surface area (Å²) in [4.78, 5) is 6.97. The number of likely N-dealkylation sites (N-methyl/N-ethyl adjacent to an activating group) is 1. The van der Waals surface area contributed by atoms with E-state index in [0.29, 0.717) is 24.5 Å². The third-order valence-corrected chi connectivity index (χ3v) is 4.21. The van der Waals surface area contributed by atoms with E-state index in [1.165, 1.54) is 18.4 Å². The summed E-state index contributed by atoms with van der Waals surface area (Å²) in [6.45, 7) is 6.06. The van der Waals surface area contributed by atoms with E-state index in [9.17, 15) is 5.26 Å². The maximum Gasteiger partial charge on any atom is 0.146 e. The van der Waals surface area contributed by atoms with Crippen LogP contribution in [-0.4, -0.2) is 43.1 Å². The molecule has 23 heavy (non-hydrogen) atoms. The van der Waals surface area contributed by atoms with E-state index in [1.807, 2.05) is 0 Å². The number of hydrogen-bond donors (Lipinski definition) is 3. The minimum absolute atomic E-state index is 0.519. The second-order valence-electron chi connectivity index (χ2n) is 6.09. The molecular weight excluding hydrogens is 288 g/mol. The number of nitrogens with one attached hydrogen (secondary N) is 2. The maximum atomic E-state index is 9.58. The molecule has 1 aliphatic heterocycles. The van der Waals surface area contributed by atoms with E-state index < -0.39 is 0 Å². The first-order valence-corrected chi connectivity index (χ1v) is 8.53. The highest BCUT2D eigenvalue weighted by molar-refractivity contribution is 5.66. The lowest BCUT2D eigenvalue weighted by molar-refractivity contribution is 0.313. The van der Waals surface area contributed by atoms with Gasteiger partial charge in [-0.2, -0.15) is 5.26 Å². The largest absolute Gasteiger partial charge is 0.370 e. The van der Waals surface area contributed by atoms with Gasteiger partial charge in [0.2, 0.25) is 0 Å². The van der Waals surface area contributed by atoms with Gasteiger partial charge in [0, 0.05) is 38.3 Å². The van der Waals surface area contributed by atoms with Crippen molar-refractivity contribution in [2.24, 2.45) is 5.73 Å². The molecule has 4 N–H and O–H groups in total. The lowest BCUT2D eigenvalue weighted by Gasteiger charge is -2.28. The Hall–Kier alpha value is -1.84. The summed E-state index contributed by atoms with van der Waals surface area (Å²) in [6, 6.07) is 2.34. The van der Waals surface area contributed by atoms with Crippen LogP contribution >= 0.6 is 0 Å². The van der Waals surface area contributed by atoms with Crippen LogP contribution in [0.3, 0.4) is 0 Å². The number of nitriles is 1. The normalized spacial score (nSPS) is 14.2. The molecule has 0 unspecified atom stereocenters. The molecule has 126 valence electrons. The van der Waals surface area contributed by atoms with Crippen LogP contribution in [0.5, 0.6) is 0 Å². The van der Waals surface area contributed by atoms with Gasteiger partial charge in [0.15, 0.2) is 0 Å². The highest BCUT2D eigenvalue weighted by Crippen LogP contribution is 2.31. The fraction of sp³-hybridized carbons (Fsp3) is 0.647. The van der Waals surface area contributed by atoms with Crippen LogP contribution in [0.1, 0.15) is 42.9 Å². The molecule has 0 fully saturated rings. The van der Waals surface area contributed by atoms with E-state index >= 15 is 0 Å². The molecule has 0 radical (unpaired) electrons. The Morgan fingerprint density at radius 2 is 2.00 bits per heavy atom. The summed E-state index contributed by atoms with van der Waals surface area (Å²) in [6.07, 6.45) is 4.43. The van der Waals surface area contributed by atoms with Crippen molar-refractivity contribution in [3.8, 4) is 6.07 Å². The number of unbranched alkanes of at least 4 members (excludes halogenated alkanes) is 2. The van der Waals surface area contributed by atoms with Crippen LogP contribution in [0, 0.1) is 11.3 Å². The lowest BCUT2D eigenvalue weighted by Crippen LogP contribution is -2.29. The summed E-state index contributed by atoms with van der Waals surface area (Å²) >= 11 is 0. The molecule has 0 saturated carbocycles. The van der Waals surface area contributed by atoms with Crippen molar-refractivity contribution < 1.29 is 0 Å². The summed E-state index contributed by atoms with van der Waals surface area (Å²) < 4.78 is 0. The molecule has 0 bridgehead atoms. The smallest absolute Gasteiger partial charge is 0.146 e. The van der Waals surface area contributed by atoms with E-state index in [1.54, 1.807) is 0 Å². The predicted octanol–water partition coefficient (Wildman–Crippen LogP) is 1.91. The number of anilines is 2. The topological polar surface area (TPSA) is 90.0 Å². The van der Waals surface area contributed by atoms with E-state index in [4.69, 9.17) is 10.7 Å². The molecule has 6 nitrogen and oxygen atoms in total. The Morgan fingerprint density at radius 1 is 1.22 bits per heavy atom. The Bertz CT molecular complexity index is 563. The summed E-state index contributed by atoms with van der Waals surface area (Å²) in [5.74, 6) is 1.58. The Balaban J connectivity index is 2.32. The van der Waals surface area contributed by atoms with Gasteiger partial charge < -0.3 is 21.3 Å². The first kappa shape index (κ1) is 17.5. The zero-order chi connectivity index (χ0) is 16.7. The van der Waals surface area contributed by atoms with Gasteiger partial charge in [-0.25, -0.2) is 4.98 Å². The number of nitrogens with zero attached hydrogens (tertiary/aromatic N) is 3. The maximum absolute atomic E-state index is 9.58. The Labute approximate surface area is 139 Å². The zero-order valence-electron chi connectivity index (χ0n) is 14.3. The number of hydrogen-bond acceptors (Lipinski definition) is 6. The standard InChI is InChI=1S/C17H28N6/c1-3-4-5-8-20-17-15-12-23(2)10-6-13(15)14(11-19)16(22-17)21-9-7-18/h3-10,12,18H2,1-2H3,(H2,20,21,22). The number of fused-ring (bicyclic) bond motifs is 1. The molecule has 2 rings (SSSR count). The first-order chi connectivity index (χ1) is 11.2. The Morgan fingerprint density at radius 3 is 2.70 bits per heavy atom. The summed E-state index contributed by atoms with van der Waals surface area (Å²) in [7, 11) is 2.11. The number of nitrogens with two attached hydrogens (primary N) is 1. The average molecular weight is 316 g/mol. The fourth-order valence-electron chi connectivity index (χ4n) is 2.94. The second-order valence-corrected chi connectivity index (χ2v) is 6.09. The molecule has 0 spiro atoms. The van der Waals surface area contributed by atoms with Crippen molar-refractivity contribution in [2.75, 3.05) is 43.9 Å². The Kier molecular flexibility index (Phi) is 6.63. The van der Waals surface area contributed by atoms with E-state index in [0.717, 1.165) is 43.9 Å². The molecule has 1 aliphatic rings. The minimum atomic E-state index is 0.519. The lowest BCUT2D eigenvalue weighted by atomic mass is 9.96. The molecule has 0 aliphatic carbocycles. The molecule has 0 atom stereocenters. The van der Waals surface area contributed by atoms with Gasteiger partial charge in [0.25, 0.3) is 0 Å². The van der Waals surface area contributed by atoms with Gasteiger partial charge >= 0.3 is 0 Å². The molecule has 6 heteroatoms. The summed E-state index contributed by atoms with van der Waals surface area (Å²) in [5, 5.41) is 16.3. The predicted molar refractivity (Wildman–Crippen MR) is 94.5 cm³/mol. The van der Waals surface area contributed by atoms with Crippen molar-refractivity contribution in [1.29, 1.82) is 5.26 Å². The number of pyridine rings is 1. The van der Waals surface area contributed by atoms with Crippen LogP contribution < -0.4 is 16.4 Å². The van der Waals surface area contributed by atoms with Gasteiger partial charge in [-0.15, -0.1) is 0 Å². The SMILES string of the molecule is CCCCCNc1nc(NCCN)c(C#N)c2c1CN(C)CC2. The first-order valence-electron chi connectivity index (χ1n) is 8.53. The average Bonchev–Trinajstić information content (AvgIpc) is 2.56. The van der Waals surface area contributed by atoms with Crippen molar-refractivity contribution in [1.82, 2.24) is 9.88 Å². The molecule has 0 saturated heterocycles. The number of aromatic nitrogens is 1. The molecule has 0 aromatic carbocycles. The number of rotatable bonds is 8. The highest BCUT2D eigenvalue weighted by atomic mass is 15.1. The molecular formula is C17H28N6. The van der Waals surface area contributed by atoms with Crippen molar-refractivity contribution in [2.45, 2.75) is 39.2 Å². The van der Waals surface area contributed by atoms with Crippen molar-refractivity contribution in [3.05, 3.63) is 16.7 Å². The molecule has 0 amide bonds. The third-order valence-electron chi connectivity index (χ3n) is 4.21. The highest BCUT2D eigenvalue weighted by Gasteiger charge is 2.23. The second kappa shape index (κ2) is 8.70. The molecule has 1 aromatic heterocycles. The van der Waals surface area contributed by atoms with Crippen LogP contribution in [0.25, 0.3) is 0 Å².